The molecule has 1 amide bonds. The first-order valence-electron chi connectivity index (χ1n) is 5.75. The van der Waals surface area contributed by atoms with Crippen molar-refractivity contribution in [3.8, 4) is 0 Å². The van der Waals surface area contributed by atoms with Gasteiger partial charge in [-0.15, -0.1) is 11.3 Å². The number of carbonyl (C=O) groups is 1. The number of nitrogens with two attached hydrogens (primary N) is 1. The molecule has 0 unspecified atom stereocenters. The van der Waals surface area contributed by atoms with Crippen LogP contribution in [0.3, 0.4) is 0 Å². The Hall–Kier alpha value is -1.88. The van der Waals surface area contributed by atoms with Crippen molar-refractivity contribution in [2.75, 3.05) is 12.3 Å². The minimum Gasteiger partial charge on any atom is -0.384 e. The lowest BCUT2D eigenvalue weighted by Gasteiger charge is -2.19. The zero-order valence-electron chi connectivity index (χ0n) is 10.2. The molecule has 0 aliphatic carbocycles. The normalized spacial score (nSPS) is 10.3. The molecule has 4 nitrogen and oxygen atoms in total. The summed E-state index contributed by atoms with van der Waals surface area (Å²) in [6, 6.07) is 9.11. The second-order valence-electron chi connectivity index (χ2n) is 3.85. The molecule has 0 bridgehead atoms. The van der Waals surface area contributed by atoms with Gasteiger partial charge in [-0.25, -0.2) is 4.98 Å². The summed E-state index contributed by atoms with van der Waals surface area (Å²) >= 11 is 1.64. The SMILES string of the molecule is CCN(Cc1cccs1)C(=O)c1cccc(N)n1. The van der Waals surface area contributed by atoms with Crippen molar-refractivity contribution in [3.63, 3.8) is 0 Å². The average molecular weight is 261 g/mol. The maximum Gasteiger partial charge on any atom is 0.272 e. The Morgan fingerprint density at radius 1 is 1.39 bits per heavy atom. The van der Waals surface area contributed by atoms with E-state index in [2.05, 4.69) is 4.98 Å². The first-order chi connectivity index (χ1) is 8.70. The summed E-state index contributed by atoms with van der Waals surface area (Å²) in [5.41, 5.74) is 5.99. The summed E-state index contributed by atoms with van der Waals surface area (Å²) < 4.78 is 0. The molecule has 2 aromatic heterocycles. The van der Waals surface area contributed by atoms with Crippen molar-refractivity contribution in [1.82, 2.24) is 9.88 Å². The number of anilines is 1. The van der Waals surface area contributed by atoms with Crippen LogP contribution in [0.4, 0.5) is 5.82 Å². The number of carbonyl (C=O) groups excluding carboxylic acids is 1. The van der Waals surface area contributed by atoms with Gasteiger partial charge in [0.15, 0.2) is 0 Å². The summed E-state index contributed by atoms with van der Waals surface area (Å²) in [7, 11) is 0. The summed E-state index contributed by atoms with van der Waals surface area (Å²) in [5, 5.41) is 2.01. The molecule has 0 saturated heterocycles. The quantitative estimate of drug-likeness (QED) is 0.919. The number of hydrogen-bond donors (Lipinski definition) is 1. The van der Waals surface area contributed by atoms with E-state index in [0.717, 1.165) is 4.88 Å². The van der Waals surface area contributed by atoms with Gasteiger partial charge in [-0.2, -0.15) is 0 Å². The Morgan fingerprint density at radius 2 is 2.22 bits per heavy atom. The lowest BCUT2D eigenvalue weighted by atomic mass is 10.3. The molecule has 94 valence electrons. The Bertz CT molecular complexity index is 525. The number of nitrogens with zero attached hydrogens (tertiary/aromatic N) is 2. The Kier molecular flexibility index (Phi) is 3.94. The topological polar surface area (TPSA) is 59.2 Å². The second kappa shape index (κ2) is 5.64. The molecule has 0 spiro atoms. The van der Waals surface area contributed by atoms with Crippen LogP contribution in [0.1, 0.15) is 22.3 Å². The molecule has 0 radical (unpaired) electrons. The van der Waals surface area contributed by atoms with E-state index in [1.54, 1.807) is 34.4 Å². The highest BCUT2D eigenvalue weighted by Crippen LogP contribution is 2.14. The lowest BCUT2D eigenvalue weighted by molar-refractivity contribution is 0.0748. The number of rotatable bonds is 4. The van der Waals surface area contributed by atoms with Gasteiger partial charge in [0.2, 0.25) is 0 Å². The third kappa shape index (κ3) is 2.87. The largest absolute Gasteiger partial charge is 0.384 e. The van der Waals surface area contributed by atoms with Gasteiger partial charge in [0.05, 0.1) is 6.54 Å². The van der Waals surface area contributed by atoms with Gasteiger partial charge in [-0.05, 0) is 30.5 Å². The van der Waals surface area contributed by atoms with Gasteiger partial charge in [0, 0.05) is 11.4 Å². The molecule has 0 aliphatic rings. The highest BCUT2D eigenvalue weighted by Gasteiger charge is 2.16. The Labute approximate surface area is 110 Å². The fourth-order valence-electron chi connectivity index (χ4n) is 1.65. The van der Waals surface area contributed by atoms with E-state index in [0.29, 0.717) is 24.6 Å². The molecule has 0 fully saturated rings. The molecule has 5 heteroatoms. The molecule has 2 heterocycles. The van der Waals surface area contributed by atoms with Crippen LogP contribution in [0.5, 0.6) is 0 Å². The summed E-state index contributed by atoms with van der Waals surface area (Å²) in [4.78, 5) is 19.2. The highest BCUT2D eigenvalue weighted by molar-refractivity contribution is 7.09. The molecule has 2 aromatic rings. The Balaban J connectivity index is 2.15. The number of thiophene rings is 1. The molecule has 0 atom stereocenters. The van der Waals surface area contributed by atoms with Crippen molar-refractivity contribution < 1.29 is 4.79 Å². The average Bonchev–Trinajstić information content (AvgIpc) is 2.88. The minimum absolute atomic E-state index is 0.0850. The monoisotopic (exact) mass is 261 g/mol. The van der Waals surface area contributed by atoms with E-state index in [1.165, 1.54) is 0 Å². The molecule has 2 rings (SSSR count). The van der Waals surface area contributed by atoms with E-state index in [4.69, 9.17) is 5.73 Å². The first-order valence-corrected chi connectivity index (χ1v) is 6.63. The molecule has 0 aromatic carbocycles. The van der Waals surface area contributed by atoms with Gasteiger partial charge in [-0.1, -0.05) is 12.1 Å². The van der Waals surface area contributed by atoms with Crippen molar-refractivity contribution in [1.29, 1.82) is 0 Å². The number of nitrogen functional groups attached to an aromatic ring is 1. The minimum atomic E-state index is -0.0850. The predicted octanol–water partition coefficient (Wildman–Crippen LogP) is 2.39. The standard InChI is InChI=1S/C13H15N3OS/c1-2-16(9-10-5-4-8-18-10)13(17)11-6-3-7-12(14)15-11/h3-8H,2,9H2,1H3,(H2,14,15). The lowest BCUT2D eigenvalue weighted by Crippen LogP contribution is -2.30. The van der Waals surface area contributed by atoms with Gasteiger partial charge < -0.3 is 10.6 Å². The van der Waals surface area contributed by atoms with E-state index in [9.17, 15) is 4.79 Å². The molecule has 2 N–H and O–H groups in total. The van der Waals surface area contributed by atoms with Crippen molar-refractivity contribution >= 4 is 23.1 Å². The van der Waals surface area contributed by atoms with Gasteiger partial charge >= 0.3 is 0 Å². The third-order valence-corrected chi connectivity index (χ3v) is 3.45. The van der Waals surface area contributed by atoms with Crippen LogP contribution in [0.2, 0.25) is 0 Å². The third-order valence-electron chi connectivity index (χ3n) is 2.59. The van der Waals surface area contributed by atoms with Crippen LogP contribution >= 0.6 is 11.3 Å². The van der Waals surface area contributed by atoms with Crippen LogP contribution < -0.4 is 5.73 Å². The van der Waals surface area contributed by atoms with Crippen LogP contribution in [0, 0.1) is 0 Å². The van der Waals surface area contributed by atoms with E-state index >= 15 is 0 Å². The number of amides is 1. The van der Waals surface area contributed by atoms with Gasteiger partial charge in [0.25, 0.3) is 5.91 Å². The van der Waals surface area contributed by atoms with Crippen LogP contribution in [-0.2, 0) is 6.54 Å². The smallest absolute Gasteiger partial charge is 0.272 e. The van der Waals surface area contributed by atoms with Crippen molar-refractivity contribution in [2.24, 2.45) is 0 Å². The van der Waals surface area contributed by atoms with E-state index in [1.807, 2.05) is 24.4 Å². The van der Waals surface area contributed by atoms with Crippen LogP contribution in [0.25, 0.3) is 0 Å². The predicted molar refractivity (Wildman–Crippen MR) is 73.4 cm³/mol. The second-order valence-corrected chi connectivity index (χ2v) is 4.88. The zero-order chi connectivity index (χ0) is 13.0. The number of hydrogen-bond acceptors (Lipinski definition) is 4. The molecule has 0 aliphatic heterocycles. The zero-order valence-corrected chi connectivity index (χ0v) is 11.0. The number of aromatic nitrogens is 1. The maximum absolute atomic E-state index is 12.3. The number of pyridine rings is 1. The van der Waals surface area contributed by atoms with E-state index in [-0.39, 0.29) is 5.91 Å². The first kappa shape index (κ1) is 12.6. The van der Waals surface area contributed by atoms with Crippen LogP contribution in [-0.4, -0.2) is 22.3 Å². The maximum atomic E-state index is 12.3. The van der Waals surface area contributed by atoms with E-state index < -0.39 is 0 Å². The molecular weight excluding hydrogens is 246 g/mol. The highest BCUT2D eigenvalue weighted by atomic mass is 32.1. The Morgan fingerprint density at radius 3 is 2.83 bits per heavy atom. The summed E-state index contributed by atoms with van der Waals surface area (Å²) in [6.07, 6.45) is 0. The molecule has 18 heavy (non-hydrogen) atoms. The molecular formula is C13H15N3OS. The summed E-state index contributed by atoms with van der Waals surface area (Å²) in [6.45, 7) is 3.22. The van der Waals surface area contributed by atoms with Crippen LogP contribution in [0.15, 0.2) is 35.7 Å². The van der Waals surface area contributed by atoms with Crippen molar-refractivity contribution in [3.05, 3.63) is 46.3 Å². The van der Waals surface area contributed by atoms with Gasteiger partial charge in [0.1, 0.15) is 11.5 Å². The summed E-state index contributed by atoms with van der Waals surface area (Å²) in [5.74, 6) is 0.284. The van der Waals surface area contributed by atoms with Gasteiger partial charge in [-0.3, -0.25) is 4.79 Å². The fourth-order valence-corrected chi connectivity index (χ4v) is 2.37. The van der Waals surface area contributed by atoms with Crippen molar-refractivity contribution in [2.45, 2.75) is 13.5 Å². The fraction of sp³-hybridized carbons (Fsp3) is 0.231. The molecule has 0 saturated carbocycles.